The van der Waals surface area contributed by atoms with E-state index in [-0.39, 0.29) is 11.8 Å². The van der Waals surface area contributed by atoms with Crippen LogP contribution in [-0.2, 0) is 0 Å². The van der Waals surface area contributed by atoms with Gasteiger partial charge in [-0.2, -0.15) is 0 Å². The summed E-state index contributed by atoms with van der Waals surface area (Å²) in [4.78, 5) is 32.5. The molecule has 0 fully saturated rings. The molecule has 0 bridgehead atoms. The lowest BCUT2D eigenvalue weighted by Crippen LogP contribution is -2.22. The smallest absolute Gasteiger partial charge is 0.251 e. The highest BCUT2D eigenvalue weighted by Crippen LogP contribution is 2.28. The number of nitrogens with one attached hydrogen (secondary N) is 2. The molecule has 0 saturated carbocycles. The van der Waals surface area contributed by atoms with Crippen molar-refractivity contribution in [1.29, 1.82) is 0 Å². The first-order chi connectivity index (χ1) is 17.5. The van der Waals surface area contributed by atoms with Crippen molar-refractivity contribution in [3.8, 4) is 11.3 Å². The molecule has 0 aliphatic heterocycles. The predicted molar refractivity (Wildman–Crippen MR) is 145 cm³/mol. The van der Waals surface area contributed by atoms with Gasteiger partial charge in [-0.05, 0) is 49.9 Å². The summed E-state index contributed by atoms with van der Waals surface area (Å²) in [7, 11) is 1.64. The van der Waals surface area contributed by atoms with Crippen molar-refractivity contribution in [2.75, 3.05) is 36.9 Å². The fourth-order valence-corrected chi connectivity index (χ4v) is 4.41. The molecule has 1 atom stereocenters. The maximum absolute atomic E-state index is 12.3. The second-order valence-electron chi connectivity index (χ2n) is 8.66. The van der Waals surface area contributed by atoms with Crippen molar-refractivity contribution in [1.82, 2.24) is 25.3 Å². The van der Waals surface area contributed by atoms with Gasteiger partial charge in [0.2, 0.25) is 0 Å². The number of carbonyl (C=O) groups is 1. The number of pyridine rings is 2. The molecule has 36 heavy (non-hydrogen) atoms. The SMILES string of the molecule is CCN(CC)c1cc(-c2cc(NCCC(C)c3cccc4c(C(=O)NC)ccnc34)ncn2)ccn1. The van der Waals surface area contributed by atoms with Crippen LogP contribution in [0.25, 0.3) is 22.2 Å². The molecule has 2 N–H and O–H groups in total. The molecule has 8 nitrogen and oxygen atoms in total. The van der Waals surface area contributed by atoms with Crippen molar-refractivity contribution < 1.29 is 4.79 Å². The maximum atomic E-state index is 12.3. The lowest BCUT2D eigenvalue weighted by atomic mass is 9.94. The van der Waals surface area contributed by atoms with Gasteiger partial charge in [0.1, 0.15) is 18.0 Å². The van der Waals surface area contributed by atoms with E-state index in [2.05, 4.69) is 68.4 Å². The topological polar surface area (TPSA) is 95.9 Å². The monoisotopic (exact) mass is 483 g/mol. The average Bonchev–Trinajstić information content (AvgIpc) is 2.93. The highest BCUT2D eigenvalue weighted by molar-refractivity contribution is 6.06. The van der Waals surface area contributed by atoms with Crippen LogP contribution in [0, 0.1) is 0 Å². The number of hydrogen-bond acceptors (Lipinski definition) is 7. The van der Waals surface area contributed by atoms with Crippen molar-refractivity contribution in [3.05, 3.63) is 72.3 Å². The van der Waals surface area contributed by atoms with Crippen LogP contribution in [0.3, 0.4) is 0 Å². The lowest BCUT2D eigenvalue weighted by Gasteiger charge is -2.20. The fourth-order valence-electron chi connectivity index (χ4n) is 4.41. The number of benzene rings is 1. The van der Waals surface area contributed by atoms with Crippen LogP contribution in [0.2, 0.25) is 0 Å². The summed E-state index contributed by atoms with van der Waals surface area (Å²) in [6, 6.07) is 13.8. The van der Waals surface area contributed by atoms with Gasteiger partial charge in [-0.1, -0.05) is 25.1 Å². The number of nitrogens with zero attached hydrogens (tertiary/aromatic N) is 5. The lowest BCUT2D eigenvalue weighted by molar-refractivity contribution is 0.0964. The average molecular weight is 484 g/mol. The van der Waals surface area contributed by atoms with Crippen LogP contribution < -0.4 is 15.5 Å². The highest BCUT2D eigenvalue weighted by atomic mass is 16.1. The van der Waals surface area contributed by atoms with E-state index in [4.69, 9.17) is 0 Å². The van der Waals surface area contributed by atoms with Gasteiger partial charge in [0.05, 0.1) is 16.8 Å². The number of carbonyl (C=O) groups excluding carboxylic acids is 1. The molecule has 0 radical (unpaired) electrons. The Bertz CT molecular complexity index is 1340. The summed E-state index contributed by atoms with van der Waals surface area (Å²) in [6.07, 6.45) is 6.00. The Morgan fingerprint density at radius 1 is 1.00 bits per heavy atom. The first-order valence-corrected chi connectivity index (χ1v) is 12.4. The van der Waals surface area contributed by atoms with Gasteiger partial charge >= 0.3 is 0 Å². The van der Waals surface area contributed by atoms with E-state index in [9.17, 15) is 4.79 Å². The Kier molecular flexibility index (Phi) is 8.05. The number of amides is 1. The van der Waals surface area contributed by atoms with Crippen LogP contribution in [0.15, 0.2) is 61.2 Å². The van der Waals surface area contributed by atoms with Gasteiger partial charge in [0.15, 0.2) is 0 Å². The molecule has 3 aromatic heterocycles. The van der Waals surface area contributed by atoms with E-state index in [1.807, 2.05) is 30.5 Å². The van der Waals surface area contributed by atoms with Gasteiger partial charge in [-0.3, -0.25) is 9.78 Å². The zero-order valence-corrected chi connectivity index (χ0v) is 21.3. The Labute approximate surface area is 212 Å². The van der Waals surface area contributed by atoms with Crippen LogP contribution in [-0.4, -0.2) is 52.5 Å². The largest absolute Gasteiger partial charge is 0.370 e. The number of fused-ring (bicyclic) bond motifs is 1. The van der Waals surface area contributed by atoms with E-state index in [0.717, 1.165) is 65.4 Å². The standard InChI is InChI=1S/C28H33N7O/c1-5-35(6-2)26-16-20(11-14-31-26)24-17-25(34-18-33-24)30-13-10-19(3)21-8-7-9-22-23(28(36)29-4)12-15-32-27(21)22/h7-9,11-12,14-19H,5-6,10,13H2,1-4H3,(H,29,36)(H,30,33,34). The van der Waals surface area contributed by atoms with Crippen LogP contribution in [0.4, 0.5) is 11.6 Å². The zero-order chi connectivity index (χ0) is 25.5. The molecular weight excluding hydrogens is 450 g/mol. The van der Waals surface area contributed by atoms with Crippen molar-refractivity contribution >= 4 is 28.4 Å². The molecule has 4 rings (SSSR count). The Morgan fingerprint density at radius 2 is 1.81 bits per heavy atom. The Morgan fingerprint density at radius 3 is 2.58 bits per heavy atom. The van der Waals surface area contributed by atoms with Gasteiger partial charge < -0.3 is 15.5 Å². The summed E-state index contributed by atoms with van der Waals surface area (Å²) in [5.74, 6) is 1.87. The molecule has 0 saturated heterocycles. The van der Waals surface area contributed by atoms with Gasteiger partial charge in [-0.25, -0.2) is 15.0 Å². The van der Waals surface area contributed by atoms with E-state index in [1.54, 1.807) is 25.6 Å². The Hall–Kier alpha value is -4.07. The minimum Gasteiger partial charge on any atom is -0.370 e. The van der Waals surface area contributed by atoms with Crippen molar-refractivity contribution in [3.63, 3.8) is 0 Å². The molecular formula is C28H33N7O. The highest BCUT2D eigenvalue weighted by Gasteiger charge is 2.15. The van der Waals surface area contributed by atoms with E-state index in [1.165, 1.54) is 0 Å². The number of anilines is 2. The normalized spacial score (nSPS) is 11.8. The molecule has 1 unspecified atom stereocenters. The molecule has 186 valence electrons. The summed E-state index contributed by atoms with van der Waals surface area (Å²) < 4.78 is 0. The third-order valence-electron chi connectivity index (χ3n) is 6.48. The number of hydrogen-bond donors (Lipinski definition) is 2. The zero-order valence-electron chi connectivity index (χ0n) is 21.3. The van der Waals surface area contributed by atoms with E-state index < -0.39 is 0 Å². The summed E-state index contributed by atoms with van der Waals surface area (Å²) in [5.41, 5.74) is 4.51. The van der Waals surface area contributed by atoms with E-state index >= 15 is 0 Å². The number of aromatic nitrogens is 4. The third-order valence-corrected chi connectivity index (χ3v) is 6.48. The van der Waals surface area contributed by atoms with Crippen LogP contribution >= 0.6 is 0 Å². The molecule has 0 spiro atoms. The molecule has 1 aromatic carbocycles. The first-order valence-electron chi connectivity index (χ1n) is 12.4. The third kappa shape index (κ3) is 5.43. The summed E-state index contributed by atoms with van der Waals surface area (Å²) in [6.45, 7) is 8.98. The minimum absolute atomic E-state index is 0.105. The molecule has 1 amide bonds. The molecule has 0 aliphatic rings. The summed E-state index contributed by atoms with van der Waals surface area (Å²) >= 11 is 0. The second-order valence-corrected chi connectivity index (χ2v) is 8.66. The molecule has 3 heterocycles. The number of rotatable bonds is 10. The second kappa shape index (κ2) is 11.6. The first kappa shape index (κ1) is 25.0. The Balaban J connectivity index is 1.46. The van der Waals surface area contributed by atoms with Gasteiger partial charge in [-0.15, -0.1) is 0 Å². The van der Waals surface area contributed by atoms with E-state index in [0.29, 0.717) is 5.56 Å². The molecule has 8 heteroatoms. The van der Waals surface area contributed by atoms with Gasteiger partial charge in [0, 0.05) is 56.1 Å². The quantitative estimate of drug-likeness (QED) is 0.331. The van der Waals surface area contributed by atoms with Crippen molar-refractivity contribution in [2.24, 2.45) is 0 Å². The maximum Gasteiger partial charge on any atom is 0.251 e. The fraction of sp³-hybridized carbons (Fsp3) is 0.321. The predicted octanol–water partition coefficient (Wildman–Crippen LogP) is 4.90. The summed E-state index contributed by atoms with van der Waals surface area (Å²) in [5, 5.41) is 7.02. The minimum atomic E-state index is -0.105. The van der Waals surface area contributed by atoms with Crippen molar-refractivity contribution in [2.45, 2.75) is 33.1 Å². The molecule has 0 aliphatic carbocycles. The number of para-hydroxylation sites is 1. The van der Waals surface area contributed by atoms with Crippen LogP contribution in [0.5, 0.6) is 0 Å². The van der Waals surface area contributed by atoms with Gasteiger partial charge in [0.25, 0.3) is 5.91 Å². The van der Waals surface area contributed by atoms with Crippen LogP contribution in [0.1, 0.15) is 49.0 Å². The molecule has 4 aromatic rings.